The van der Waals surface area contributed by atoms with E-state index in [1.807, 2.05) is 39.0 Å². The zero-order valence-electron chi connectivity index (χ0n) is 23.6. The Bertz CT molecular complexity index is 1660. The number of piperazine rings is 1. The Hall–Kier alpha value is -4.58. The van der Waals surface area contributed by atoms with Crippen LogP contribution in [0.25, 0.3) is 10.8 Å². The lowest BCUT2D eigenvalue weighted by Gasteiger charge is -2.37. The van der Waals surface area contributed by atoms with Gasteiger partial charge in [0.2, 0.25) is 0 Å². The van der Waals surface area contributed by atoms with Crippen LogP contribution in [0.15, 0.2) is 53.5 Å². The van der Waals surface area contributed by atoms with Crippen LogP contribution in [0.3, 0.4) is 0 Å². The number of anilines is 5. The first-order valence-electron chi connectivity index (χ1n) is 13.3. The monoisotopic (exact) mass is 595 g/mol. The molecule has 5 rings (SSSR count). The minimum atomic E-state index is -0.549. The largest absolute Gasteiger partial charge is 0.494 e. The minimum Gasteiger partial charge on any atom is -0.494 e. The summed E-state index contributed by atoms with van der Waals surface area (Å²) in [6.45, 7) is 7.83. The van der Waals surface area contributed by atoms with Crippen LogP contribution in [0, 0.1) is 5.82 Å². The molecule has 0 bridgehead atoms. The first kappa shape index (κ1) is 28.9. The molecule has 0 aliphatic carbocycles. The van der Waals surface area contributed by atoms with Crippen molar-refractivity contribution in [3.05, 3.63) is 69.9 Å². The molecule has 11 nitrogen and oxygen atoms in total. The van der Waals surface area contributed by atoms with Crippen molar-refractivity contribution in [2.45, 2.75) is 26.4 Å². The molecule has 0 atom stereocenters. The molecule has 42 heavy (non-hydrogen) atoms. The lowest BCUT2D eigenvalue weighted by Crippen LogP contribution is -2.50. The minimum absolute atomic E-state index is 0.0588. The van der Waals surface area contributed by atoms with E-state index in [4.69, 9.17) is 21.1 Å². The van der Waals surface area contributed by atoms with Crippen molar-refractivity contribution in [1.82, 2.24) is 20.1 Å². The molecule has 0 spiro atoms. The molecule has 3 heterocycles. The van der Waals surface area contributed by atoms with Gasteiger partial charge in [0, 0.05) is 43.3 Å². The summed E-state index contributed by atoms with van der Waals surface area (Å²) in [4.78, 5) is 33.6. The summed E-state index contributed by atoms with van der Waals surface area (Å²) in [5.74, 6) is 0.427. The number of aromatic nitrogens is 3. The Kier molecular flexibility index (Phi) is 8.08. The molecule has 220 valence electrons. The summed E-state index contributed by atoms with van der Waals surface area (Å²) in [5, 5.41) is 13.3. The van der Waals surface area contributed by atoms with Gasteiger partial charge in [0.15, 0.2) is 0 Å². The van der Waals surface area contributed by atoms with E-state index in [0.29, 0.717) is 43.0 Å². The highest BCUT2D eigenvalue weighted by Gasteiger charge is 2.26. The van der Waals surface area contributed by atoms with Crippen molar-refractivity contribution < 1.29 is 18.7 Å². The highest BCUT2D eigenvalue weighted by atomic mass is 35.5. The lowest BCUT2D eigenvalue weighted by molar-refractivity contribution is 0.0240. The van der Waals surface area contributed by atoms with E-state index in [0.717, 1.165) is 5.69 Å². The quantitative estimate of drug-likeness (QED) is 0.259. The number of nitrogens with one attached hydrogen (secondary N) is 3. The Labute approximate surface area is 246 Å². The summed E-state index contributed by atoms with van der Waals surface area (Å²) in [6, 6.07) is 11.6. The van der Waals surface area contributed by atoms with Crippen LogP contribution in [0.5, 0.6) is 5.75 Å². The van der Waals surface area contributed by atoms with E-state index in [9.17, 15) is 14.0 Å². The van der Waals surface area contributed by atoms with Gasteiger partial charge in [0.05, 0.1) is 35.1 Å². The number of carbonyl (C=O) groups excluding carboxylic acids is 1. The molecule has 2 aromatic carbocycles. The number of aromatic amines is 1. The van der Waals surface area contributed by atoms with E-state index in [-0.39, 0.29) is 33.8 Å². The number of amides is 1. The Morgan fingerprint density at radius 1 is 1.10 bits per heavy atom. The number of hydrogen-bond donors (Lipinski definition) is 3. The van der Waals surface area contributed by atoms with Crippen LogP contribution in [0.4, 0.5) is 37.9 Å². The van der Waals surface area contributed by atoms with Crippen molar-refractivity contribution in [3.8, 4) is 5.75 Å². The third kappa shape index (κ3) is 6.33. The number of halogens is 2. The van der Waals surface area contributed by atoms with Crippen molar-refractivity contribution in [3.63, 3.8) is 0 Å². The number of rotatable bonds is 6. The van der Waals surface area contributed by atoms with Crippen LogP contribution in [0.2, 0.25) is 5.02 Å². The number of carbonyl (C=O) groups is 1. The van der Waals surface area contributed by atoms with Crippen LogP contribution in [-0.2, 0) is 4.74 Å². The summed E-state index contributed by atoms with van der Waals surface area (Å²) in [7, 11) is 1.55. The average molecular weight is 596 g/mol. The molecule has 0 unspecified atom stereocenters. The lowest BCUT2D eigenvalue weighted by atomic mass is 10.2. The number of benzene rings is 2. The van der Waals surface area contributed by atoms with E-state index < -0.39 is 17.0 Å². The summed E-state index contributed by atoms with van der Waals surface area (Å²) < 4.78 is 25.6. The van der Waals surface area contributed by atoms with E-state index >= 15 is 0 Å². The smallest absolute Gasteiger partial charge is 0.410 e. The van der Waals surface area contributed by atoms with Gasteiger partial charge in [0.1, 0.15) is 28.8 Å². The van der Waals surface area contributed by atoms with Gasteiger partial charge in [-0.15, -0.1) is 0 Å². The normalized spacial score (nSPS) is 13.7. The molecule has 1 amide bonds. The number of methoxy groups -OCH3 is 1. The second-order valence-corrected chi connectivity index (χ2v) is 11.1. The predicted octanol–water partition coefficient (Wildman–Crippen LogP) is 5.66. The predicted molar refractivity (Wildman–Crippen MR) is 161 cm³/mol. The molecule has 1 saturated heterocycles. The number of H-pyrrole nitrogens is 1. The van der Waals surface area contributed by atoms with Gasteiger partial charge in [-0.3, -0.25) is 4.79 Å². The summed E-state index contributed by atoms with van der Waals surface area (Å²) >= 11 is 6.20. The van der Waals surface area contributed by atoms with E-state index in [2.05, 4.69) is 30.7 Å². The molecule has 2 aromatic heterocycles. The van der Waals surface area contributed by atoms with Crippen LogP contribution in [0.1, 0.15) is 20.8 Å². The SMILES string of the molecule is COc1cc(N2CCN(C(=O)OC(C)(C)C)CC2)ccc1Nc1nc(Nc2c(F)cccc2Cl)cc2cn[nH]c(=O)c12. The molecule has 1 fully saturated rings. The molecular weight excluding hydrogens is 565 g/mol. The Balaban J connectivity index is 1.40. The molecule has 3 N–H and O–H groups in total. The molecule has 13 heteroatoms. The molecule has 1 aliphatic rings. The maximum Gasteiger partial charge on any atom is 0.410 e. The Morgan fingerprint density at radius 3 is 2.55 bits per heavy atom. The van der Waals surface area contributed by atoms with Gasteiger partial charge in [-0.2, -0.15) is 5.10 Å². The third-order valence-electron chi connectivity index (χ3n) is 6.60. The molecule has 0 saturated carbocycles. The molecule has 4 aromatic rings. The van der Waals surface area contributed by atoms with Gasteiger partial charge in [0.25, 0.3) is 5.56 Å². The molecular formula is C29H31ClFN7O4. The van der Waals surface area contributed by atoms with Gasteiger partial charge in [-0.05, 0) is 51.1 Å². The van der Waals surface area contributed by atoms with E-state index in [1.54, 1.807) is 24.1 Å². The number of para-hydroxylation sites is 1. The highest BCUT2D eigenvalue weighted by molar-refractivity contribution is 6.33. The van der Waals surface area contributed by atoms with E-state index in [1.165, 1.54) is 18.3 Å². The topological polar surface area (TPSA) is 125 Å². The standard InChI is InChI=1S/C29H31ClFN7O4/c1-29(2,3)42-28(40)38-12-10-37(11-13-38)18-8-9-21(22(15-18)41-4)33-26-24-17(16-32-36-27(24)39)14-23(35-26)34-25-19(30)6-5-7-20(25)31/h5-9,14-16H,10-13H2,1-4H3,(H,36,39)(H2,33,34,35). The fraction of sp³-hybridized carbons (Fsp3) is 0.310. The van der Waals surface area contributed by atoms with Gasteiger partial charge in [-0.25, -0.2) is 19.3 Å². The Morgan fingerprint density at radius 2 is 1.86 bits per heavy atom. The number of hydrogen-bond acceptors (Lipinski definition) is 9. The van der Waals surface area contributed by atoms with Crippen molar-refractivity contribution in [2.24, 2.45) is 0 Å². The molecule has 0 radical (unpaired) electrons. The number of pyridine rings is 1. The first-order chi connectivity index (χ1) is 20.0. The third-order valence-corrected chi connectivity index (χ3v) is 6.91. The second kappa shape index (κ2) is 11.7. The first-order valence-corrected chi connectivity index (χ1v) is 13.7. The zero-order chi connectivity index (χ0) is 30.0. The average Bonchev–Trinajstić information content (AvgIpc) is 2.94. The van der Waals surface area contributed by atoms with Crippen molar-refractivity contribution >= 4 is 57.2 Å². The van der Waals surface area contributed by atoms with Crippen LogP contribution >= 0.6 is 11.6 Å². The van der Waals surface area contributed by atoms with Crippen LogP contribution in [-0.4, -0.2) is 65.1 Å². The van der Waals surface area contributed by atoms with Gasteiger partial charge < -0.3 is 29.9 Å². The van der Waals surface area contributed by atoms with Gasteiger partial charge in [-0.1, -0.05) is 17.7 Å². The number of nitrogens with zero attached hydrogens (tertiary/aromatic N) is 4. The fourth-order valence-corrected chi connectivity index (χ4v) is 4.81. The summed E-state index contributed by atoms with van der Waals surface area (Å²) in [6.07, 6.45) is 1.16. The van der Waals surface area contributed by atoms with Crippen molar-refractivity contribution in [2.75, 3.05) is 48.8 Å². The summed E-state index contributed by atoms with van der Waals surface area (Å²) in [5.41, 5.74) is 0.525. The number of ether oxygens (including phenoxy) is 2. The highest BCUT2D eigenvalue weighted by Crippen LogP contribution is 2.35. The zero-order valence-corrected chi connectivity index (χ0v) is 24.4. The maximum absolute atomic E-state index is 14.5. The number of fused-ring (bicyclic) bond motifs is 1. The van der Waals surface area contributed by atoms with Gasteiger partial charge >= 0.3 is 6.09 Å². The van der Waals surface area contributed by atoms with Crippen LogP contribution < -0.4 is 25.8 Å². The second-order valence-electron chi connectivity index (χ2n) is 10.7. The maximum atomic E-state index is 14.5. The fourth-order valence-electron chi connectivity index (χ4n) is 4.60. The molecule has 1 aliphatic heterocycles. The van der Waals surface area contributed by atoms with Crippen molar-refractivity contribution in [1.29, 1.82) is 0 Å².